The zero-order valence-electron chi connectivity index (χ0n) is 22.2. The average molecular weight is 605 g/mol. The number of quaternary nitrogens is 1. The second-order valence-electron chi connectivity index (χ2n) is 10.2. The van der Waals surface area contributed by atoms with Crippen molar-refractivity contribution in [2.24, 2.45) is 0 Å². The molecule has 3 aromatic carbocycles. The number of carbonyl (C=O) groups excluding carboxylic acids is 2. The van der Waals surface area contributed by atoms with Crippen molar-refractivity contribution in [3.8, 4) is 0 Å². The molecule has 2 atom stereocenters. The van der Waals surface area contributed by atoms with Crippen molar-refractivity contribution in [2.75, 3.05) is 0 Å². The van der Waals surface area contributed by atoms with Crippen LogP contribution in [-0.4, -0.2) is 24.1 Å². The number of nitrogens with one attached hydrogen (secondary N) is 1. The Labute approximate surface area is 246 Å². The summed E-state index contributed by atoms with van der Waals surface area (Å²) in [6, 6.07) is 21.9. The molecule has 0 bridgehead atoms. The van der Waals surface area contributed by atoms with Crippen LogP contribution >= 0.6 is 23.2 Å². The highest BCUT2D eigenvalue weighted by Gasteiger charge is 2.30. The maximum Gasteiger partial charge on any atom is 0.430 e. The van der Waals surface area contributed by atoms with Crippen molar-refractivity contribution in [1.82, 2.24) is 5.32 Å². The van der Waals surface area contributed by atoms with E-state index >= 15 is 0 Å². The van der Waals surface area contributed by atoms with Gasteiger partial charge in [0.25, 0.3) is 5.91 Å². The summed E-state index contributed by atoms with van der Waals surface area (Å²) in [5.74, 6) is -2.94. The maximum absolute atomic E-state index is 13.3. The number of nitrogens with two attached hydrogens (primary N) is 1. The number of fused-ring (bicyclic) bond motifs is 2. The highest BCUT2D eigenvalue weighted by Crippen LogP contribution is 2.37. The minimum atomic E-state index is -5.19. The SMILES string of the molecule is C[C@@H](NC(=O)c1ccc2c(c1)C1=C(CCCC1)[NH2+]2)[C@H](Cc1ccc(Cl)cc1)c1ccc(Cl)cc1.O=C([O-])C(F)(F)F. The van der Waals surface area contributed by atoms with Crippen LogP contribution in [0.25, 0.3) is 5.57 Å². The van der Waals surface area contributed by atoms with Crippen LogP contribution < -0.4 is 15.7 Å². The largest absolute Gasteiger partial charge is 0.542 e. The van der Waals surface area contributed by atoms with Crippen molar-refractivity contribution in [3.63, 3.8) is 0 Å². The molecular weight excluding hydrogens is 576 g/mol. The number of hydrogen-bond donors (Lipinski definition) is 2. The summed E-state index contributed by atoms with van der Waals surface area (Å²) in [5, 5.41) is 15.8. The van der Waals surface area contributed by atoms with Crippen LogP contribution in [0, 0.1) is 0 Å². The number of amides is 1. The summed E-state index contributed by atoms with van der Waals surface area (Å²) >= 11 is 12.2. The molecule has 2 aliphatic rings. The number of allylic oxidation sites excluding steroid dienone is 2. The lowest BCUT2D eigenvalue weighted by atomic mass is 9.86. The number of rotatable bonds is 6. The Balaban J connectivity index is 0.000000493. The molecule has 5 rings (SSSR count). The number of hydrogen-bond acceptors (Lipinski definition) is 3. The summed E-state index contributed by atoms with van der Waals surface area (Å²) < 4.78 is 31.5. The van der Waals surface area contributed by atoms with E-state index in [4.69, 9.17) is 33.1 Å². The fourth-order valence-corrected chi connectivity index (χ4v) is 5.48. The lowest BCUT2D eigenvalue weighted by molar-refractivity contribution is -0.516. The van der Waals surface area contributed by atoms with Crippen molar-refractivity contribution in [2.45, 2.75) is 57.2 Å². The third-order valence-corrected chi connectivity index (χ3v) is 7.85. The van der Waals surface area contributed by atoms with Crippen LogP contribution in [0.2, 0.25) is 10.0 Å². The van der Waals surface area contributed by atoms with Gasteiger partial charge < -0.3 is 15.2 Å². The zero-order valence-corrected chi connectivity index (χ0v) is 23.7. The zero-order chi connectivity index (χ0) is 29.7. The molecule has 0 aromatic heterocycles. The maximum atomic E-state index is 13.3. The molecule has 3 N–H and O–H groups in total. The van der Waals surface area contributed by atoms with E-state index in [0.29, 0.717) is 5.02 Å². The van der Waals surface area contributed by atoms with Gasteiger partial charge in [0.15, 0.2) is 0 Å². The van der Waals surface area contributed by atoms with E-state index in [1.807, 2.05) is 54.6 Å². The molecule has 0 spiro atoms. The van der Waals surface area contributed by atoms with Crippen LogP contribution in [0.3, 0.4) is 0 Å². The van der Waals surface area contributed by atoms with Crippen LogP contribution in [0.5, 0.6) is 0 Å². The summed E-state index contributed by atoms with van der Waals surface area (Å²) in [7, 11) is 0. The van der Waals surface area contributed by atoms with Gasteiger partial charge in [0.05, 0.1) is 0 Å². The first-order chi connectivity index (χ1) is 19.4. The smallest absolute Gasteiger partial charge is 0.430 e. The Hall–Kier alpha value is -3.33. The number of carbonyl (C=O) groups is 2. The van der Waals surface area contributed by atoms with E-state index in [2.05, 4.69) is 29.7 Å². The molecule has 216 valence electrons. The molecule has 10 heteroatoms. The Morgan fingerprint density at radius 3 is 2.15 bits per heavy atom. The van der Waals surface area contributed by atoms with Crippen molar-refractivity contribution < 1.29 is 33.2 Å². The lowest BCUT2D eigenvalue weighted by Crippen LogP contribution is -2.74. The van der Waals surface area contributed by atoms with Gasteiger partial charge in [0.1, 0.15) is 17.4 Å². The molecule has 0 saturated heterocycles. The number of halogens is 5. The normalized spacial score (nSPS) is 15.7. The molecule has 0 unspecified atom stereocenters. The minimum Gasteiger partial charge on any atom is -0.542 e. The number of carboxylic acids is 1. The molecule has 0 radical (unpaired) electrons. The van der Waals surface area contributed by atoms with Gasteiger partial charge in [0.2, 0.25) is 0 Å². The molecule has 1 amide bonds. The molecule has 41 heavy (non-hydrogen) atoms. The first kappa shape index (κ1) is 30.6. The summed E-state index contributed by atoms with van der Waals surface area (Å²) in [4.78, 5) is 22.1. The van der Waals surface area contributed by atoms with Gasteiger partial charge in [-0.05, 0) is 80.1 Å². The van der Waals surface area contributed by atoms with Crippen LogP contribution in [0.4, 0.5) is 18.9 Å². The second kappa shape index (κ2) is 13.1. The van der Waals surface area contributed by atoms with Gasteiger partial charge >= 0.3 is 6.18 Å². The van der Waals surface area contributed by atoms with Gasteiger partial charge in [-0.25, -0.2) is 0 Å². The van der Waals surface area contributed by atoms with Gasteiger partial charge in [0, 0.05) is 51.2 Å². The molecule has 5 nitrogen and oxygen atoms in total. The standard InChI is InChI=1S/C29H28Cl2N2O.C2HF3O2/c1-18(25(20-8-13-23(31)14-9-20)16-19-6-11-22(30)12-7-19)32-29(34)21-10-15-28-26(17-21)24-4-2-3-5-27(24)33-28;3-2(4,5)1(6)7/h6-15,17-18,25,33H,2-5,16H2,1H3,(H,32,34);(H,6,7)/t18-,25+;/m1./s1. The Bertz CT molecular complexity index is 1440. The Morgan fingerprint density at radius 2 is 1.54 bits per heavy atom. The quantitative estimate of drug-likeness (QED) is 0.342. The van der Waals surface area contributed by atoms with Crippen molar-refractivity contribution in [1.29, 1.82) is 0 Å². The highest BCUT2D eigenvalue weighted by molar-refractivity contribution is 6.30. The molecule has 1 heterocycles. The predicted octanol–water partition coefficient (Wildman–Crippen LogP) is 5.93. The van der Waals surface area contributed by atoms with Gasteiger partial charge in [-0.15, -0.1) is 0 Å². The van der Waals surface area contributed by atoms with E-state index < -0.39 is 12.1 Å². The minimum absolute atomic E-state index is 0.0322. The first-order valence-corrected chi connectivity index (χ1v) is 14.0. The number of carboxylic acid groups (broad SMARTS) is 1. The molecular formula is C31H29Cl2F3N2O3. The predicted molar refractivity (Wildman–Crippen MR) is 151 cm³/mol. The summed E-state index contributed by atoms with van der Waals surface area (Å²) in [6.45, 7) is 2.08. The van der Waals surface area contributed by atoms with E-state index in [9.17, 15) is 18.0 Å². The van der Waals surface area contributed by atoms with Crippen molar-refractivity contribution >= 4 is 46.3 Å². The lowest BCUT2D eigenvalue weighted by Gasteiger charge is -2.26. The van der Waals surface area contributed by atoms with Gasteiger partial charge in [-0.2, -0.15) is 13.2 Å². The molecule has 1 aliphatic carbocycles. The Kier molecular flexibility index (Phi) is 9.79. The summed E-state index contributed by atoms with van der Waals surface area (Å²) in [5.41, 5.74) is 8.43. The van der Waals surface area contributed by atoms with E-state index in [-0.39, 0.29) is 17.9 Å². The third-order valence-electron chi connectivity index (χ3n) is 7.34. The van der Waals surface area contributed by atoms with Gasteiger partial charge in [-0.3, -0.25) is 10.1 Å². The topological polar surface area (TPSA) is 85.8 Å². The molecule has 0 saturated carbocycles. The second-order valence-corrected chi connectivity index (χ2v) is 11.1. The van der Waals surface area contributed by atoms with E-state index in [1.165, 1.54) is 40.9 Å². The molecule has 3 aromatic rings. The highest BCUT2D eigenvalue weighted by atomic mass is 35.5. The molecule has 1 aliphatic heterocycles. The number of benzene rings is 3. The van der Waals surface area contributed by atoms with Crippen molar-refractivity contribution in [3.05, 3.63) is 105 Å². The molecule has 0 fully saturated rings. The van der Waals surface area contributed by atoms with Crippen LogP contribution in [0.1, 0.15) is 65.6 Å². The first-order valence-electron chi connectivity index (χ1n) is 13.2. The summed E-state index contributed by atoms with van der Waals surface area (Å²) in [6.07, 6.45) is 0.340. The number of aliphatic carboxylic acids is 1. The fourth-order valence-electron chi connectivity index (χ4n) is 5.23. The van der Waals surface area contributed by atoms with Crippen LogP contribution in [0.15, 0.2) is 72.4 Å². The van der Waals surface area contributed by atoms with E-state index in [1.54, 1.807) is 0 Å². The average Bonchev–Trinajstić information content (AvgIpc) is 3.31. The third kappa shape index (κ3) is 7.91. The number of alkyl halides is 3. The van der Waals surface area contributed by atoms with Gasteiger partial charge in [-0.1, -0.05) is 47.5 Å². The Morgan fingerprint density at radius 1 is 0.951 bits per heavy atom. The van der Waals surface area contributed by atoms with E-state index in [0.717, 1.165) is 35.4 Å². The van der Waals surface area contributed by atoms with Crippen LogP contribution in [-0.2, 0) is 11.2 Å². The fraction of sp³-hybridized carbons (Fsp3) is 0.290. The monoisotopic (exact) mass is 604 g/mol.